The second-order valence-corrected chi connectivity index (χ2v) is 3.24. The normalized spacial score (nSPS) is 11.9. The van der Waals surface area contributed by atoms with E-state index in [9.17, 15) is 4.79 Å². The predicted octanol–water partition coefficient (Wildman–Crippen LogP) is 0.785. The van der Waals surface area contributed by atoms with Crippen LogP contribution in [0.15, 0.2) is 24.3 Å². The number of nitrogens with one attached hydrogen (secondary N) is 2. The fourth-order valence-electron chi connectivity index (χ4n) is 1.18. The largest absolute Gasteiger partial charge is 0.374 e. The number of nitrogens with two attached hydrogens (primary N) is 1. The van der Waals surface area contributed by atoms with Crippen LogP contribution in [-0.2, 0) is 4.79 Å². The Kier molecular flexibility index (Phi) is 3.48. The summed E-state index contributed by atoms with van der Waals surface area (Å²) in [6.07, 6.45) is 0. The van der Waals surface area contributed by atoms with E-state index in [1.807, 2.05) is 31.2 Å². The van der Waals surface area contributed by atoms with Crippen LogP contribution in [0.2, 0.25) is 0 Å². The van der Waals surface area contributed by atoms with Gasteiger partial charge in [-0.05, 0) is 31.5 Å². The molecule has 0 aliphatic heterocycles. The van der Waals surface area contributed by atoms with Gasteiger partial charge in [-0.3, -0.25) is 10.2 Å². The molecule has 4 heteroatoms. The van der Waals surface area contributed by atoms with Crippen LogP contribution in [0.5, 0.6) is 0 Å². The molecule has 0 bridgehead atoms. The van der Waals surface area contributed by atoms with E-state index >= 15 is 0 Å². The summed E-state index contributed by atoms with van der Waals surface area (Å²) in [5, 5.41) is 3.04. The molecule has 0 aliphatic carbocycles. The van der Waals surface area contributed by atoms with Crippen LogP contribution in [0.4, 0.5) is 5.69 Å². The maximum Gasteiger partial charge on any atom is 0.256 e. The van der Waals surface area contributed by atoms with E-state index in [2.05, 4.69) is 10.7 Å². The predicted molar refractivity (Wildman–Crippen MR) is 56.6 cm³/mol. The molecule has 4 N–H and O–H groups in total. The summed E-state index contributed by atoms with van der Waals surface area (Å²) in [5.41, 5.74) is 4.16. The molecule has 1 amide bonds. The Morgan fingerprint density at radius 2 is 2.21 bits per heavy atom. The molecule has 0 spiro atoms. The molecular formula is C10H15N3O. The standard InChI is InChI=1S/C10H15N3O/c1-7-4-3-5-9(6-7)12-8(2)10(14)13-11/h3-6,8,12H,11H2,1-2H3,(H,13,14)/t8-/m0/s1. The van der Waals surface area contributed by atoms with Gasteiger partial charge in [0.25, 0.3) is 5.91 Å². The van der Waals surface area contributed by atoms with E-state index in [0.717, 1.165) is 11.3 Å². The minimum atomic E-state index is -0.332. The van der Waals surface area contributed by atoms with Crippen LogP contribution < -0.4 is 16.6 Å². The molecule has 1 aromatic rings. The first-order valence-electron chi connectivity index (χ1n) is 4.47. The number of hydrogen-bond acceptors (Lipinski definition) is 3. The van der Waals surface area contributed by atoms with Gasteiger partial charge in [-0.2, -0.15) is 0 Å². The van der Waals surface area contributed by atoms with Crippen LogP contribution in [-0.4, -0.2) is 11.9 Å². The van der Waals surface area contributed by atoms with Gasteiger partial charge in [-0.1, -0.05) is 12.1 Å². The van der Waals surface area contributed by atoms with Crippen molar-refractivity contribution in [2.75, 3.05) is 5.32 Å². The number of hydrazine groups is 1. The van der Waals surface area contributed by atoms with E-state index in [1.54, 1.807) is 6.92 Å². The van der Waals surface area contributed by atoms with Gasteiger partial charge in [0.2, 0.25) is 0 Å². The van der Waals surface area contributed by atoms with E-state index in [0.29, 0.717) is 0 Å². The SMILES string of the molecule is Cc1cccc(N[C@@H](C)C(=O)NN)c1. The third-order valence-electron chi connectivity index (χ3n) is 1.94. The number of amides is 1. The van der Waals surface area contributed by atoms with Gasteiger partial charge < -0.3 is 5.32 Å². The summed E-state index contributed by atoms with van der Waals surface area (Å²) in [4.78, 5) is 11.1. The Bertz CT molecular complexity index is 325. The van der Waals surface area contributed by atoms with Crippen molar-refractivity contribution in [3.8, 4) is 0 Å². The monoisotopic (exact) mass is 193 g/mol. The molecule has 0 aromatic heterocycles. The van der Waals surface area contributed by atoms with E-state index < -0.39 is 0 Å². The lowest BCUT2D eigenvalue weighted by Gasteiger charge is -2.13. The van der Waals surface area contributed by atoms with Crippen LogP contribution >= 0.6 is 0 Å². The lowest BCUT2D eigenvalue weighted by molar-refractivity contribution is -0.121. The Labute approximate surface area is 83.5 Å². The van der Waals surface area contributed by atoms with Gasteiger partial charge in [0, 0.05) is 5.69 Å². The van der Waals surface area contributed by atoms with Gasteiger partial charge in [0.05, 0.1) is 0 Å². The van der Waals surface area contributed by atoms with Crippen molar-refractivity contribution in [1.82, 2.24) is 5.43 Å². The topological polar surface area (TPSA) is 67.2 Å². The minimum Gasteiger partial charge on any atom is -0.374 e. The molecule has 1 aromatic carbocycles. The number of rotatable bonds is 3. The highest BCUT2D eigenvalue weighted by molar-refractivity contribution is 5.83. The highest BCUT2D eigenvalue weighted by Gasteiger charge is 2.09. The average Bonchev–Trinajstić information content (AvgIpc) is 2.16. The van der Waals surface area contributed by atoms with Crippen LogP contribution in [0.25, 0.3) is 0 Å². The van der Waals surface area contributed by atoms with Crippen molar-refractivity contribution >= 4 is 11.6 Å². The molecule has 0 saturated heterocycles. The third kappa shape index (κ3) is 2.74. The van der Waals surface area contributed by atoms with Crippen molar-refractivity contribution in [2.45, 2.75) is 19.9 Å². The van der Waals surface area contributed by atoms with Gasteiger partial charge >= 0.3 is 0 Å². The molecule has 76 valence electrons. The van der Waals surface area contributed by atoms with Crippen molar-refractivity contribution < 1.29 is 4.79 Å². The summed E-state index contributed by atoms with van der Waals surface area (Å²) >= 11 is 0. The number of aryl methyl sites for hydroxylation is 1. The van der Waals surface area contributed by atoms with Gasteiger partial charge in [-0.25, -0.2) is 5.84 Å². The highest BCUT2D eigenvalue weighted by atomic mass is 16.2. The molecule has 0 saturated carbocycles. The lowest BCUT2D eigenvalue weighted by atomic mass is 10.2. The molecule has 0 aliphatic rings. The Morgan fingerprint density at radius 1 is 1.50 bits per heavy atom. The first-order chi connectivity index (χ1) is 6.63. The van der Waals surface area contributed by atoms with E-state index in [4.69, 9.17) is 5.84 Å². The van der Waals surface area contributed by atoms with Crippen LogP contribution in [0, 0.1) is 6.92 Å². The smallest absolute Gasteiger partial charge is 0.256 e. The highest BCUT2D eigenvalue weighted by Crippen LogP contribution is 2.10. The number of carbonyl (C=O) groups excluding carboxylic acids is 1. The zero-order valence-corrected chi connectivity index (χ0v) is 8.37. The fourth-order valence-corrected chi connectivity index (χ4v) is 1.18. The molecule has 0 unspecified atom stereocenters. The zero-order valence-electron chi connectivity index (χ0n) is 8.37. The minimum absolute atomic E-state index is 0.230. The maximum atomic E-state index is 11.1. The second kappa shape index (κ2) is 4.62. The first kappa shape index (κ1) is 10.5. The maximum absolute atomic E-state index is 11.1. The van der Waals surface area contributed by atoms with Crippen molar-refractivity contribution in [3.05, 3.63) is 29.8 Å². The number of carbonyl (C=O) groups is 1. The van der Waals surface area contributed by atoms with E-state index in [-0.39, 0.29) is 11.9 Å². The van der Waals surface area contributed by atoms with Crippen molar-refractivity contribution in [2.24, 2.45) is 5.84 Å². The summed E-state index contributed by atoms with van der Waals surface area (Å²) in [7, 11) is 0. The van der Waals surface area contributed by atoms with Crippen LogP contribution in [0.1, 0.15) is 12.5 Å². The summed E-state index contributed by atoms with van der Waals surface area (Å²) in [5.74, 6) is 4.79. The third-order valence-corrected chi connectivity index (χ3v) is 1.94. The lowest BCUT2D eigenvalue weighted by Crippen LogP contribution is -2.41. The van der Waals surface area contributed by atoms with Crippen molar-refractivity contribution in [3.63, 3.8) is 0 Å². The second-order valence-electron chi connectivity index (χ2n) is 3.24. The molecule has 0 heterocycles. The molecular weight excluding hydrogens is 178 g/mol. The molecule has 14 heavy (non-hydrogen) atoms. The van der Waals surface area contributed by atoms with Gasteiger partial charge in [-0.15, -0.1) is 0 Å². The fraction of sp³-hybridized carbons (Fsp3) is 0.300. The van der Waals surface area contributed by atoms with Crippen LogP contribution in [0.3, 0.4) is 0 Å². The molecule has 1 atom stereocenters. The Hall–Kier alpha value is -1.55. The van der Waals surface area contributed by atoms with Gasteiger partial charge in [0.1, 0.15) is 6.04 Å². The van der Waals surface area contributed by atoms with Crippen molar-refractivity contribution in [1.29, 1.82) is 0 Å². The number of hydrogen-bond donors (Lipinski definition) is 3. The quantitative estimate of drug-likeness (QED) is 0.377. The number of benzene rings is 1. The Morgan fingerprint density at radius 3 is 2.79 bits per heavy atom. The first-order valence-corrected chi connectivity index (χ1v) is 4.47. The molecule has 0 radical (unpaired) electrons. The molecule has 0 fully saturated rings. The van der Waals surface area contributed by atoms with Gasteiger partial charge in [0.15, 0.2) is 0 Å². The summed E-state index contributed by atoms with van der Waals surface area (Å²) in [6, 6.07) is 7.48. The average molecular weight is 193 g/mol. The molecule has 4 nitrogen and oxygen atoms in total. The summed E-state index contributed by atoms with van der Waals surface area (Å²) in [6.45, 7) is 3.75. The van der Waals surface area contributed by atoms with E-state index in [1.165, 1.54) is 0 Å². The zero-order chi connectivity index (χ0) is 10.6. The molecule has 1 rings (SSSR count). The summed E-state index contributed by atoms with van der Waals surface area (Å²) < 4.78 is 0. The number of anilines is 1. The Balaban J connectivity index is 2.64.